The maximum atomic E-state index is 13.6. The predicted molar refractivity (Wildman–Crippen MR) is 181 cm³/mol. The van der Waals surface area contributed by atoms with Crippen LogP contribution in [0.5, 0.6) is 5.75 Å². The Morgan fingerprint density at radius 3 is 1.90 bits per heavy atom. The summed E-state index contributed by atoms with van der Waals surface area (Å²) in [5.41, 5.74) is 14.6. The number of carboxylic acid groups (broad SMARTS) is 1. The number of aliphatic carboxylic acids is 1. The first-order valence-corrected chi connectivity index (χ1v) is 16.2. The van der Waals surface area contributed by atoms with E-state index in [1.807, 2.05) is 60.7 Å². The Kier molecular flexibility index (Phi) is 15.0. The highest BCUT2D eigenvalue weighted by molar-refractivity contribution is 5.91. The zero-order valence-corrected chi connectivity index (χ0v) is 27.7. The number of hydrogen-bond donors (Lipinski definition) is 6. The normalized spacial score (nSPS) is 15.8. The molecular formula is C36H42F3N5O7. The molecule has 0 spiro atoms. The Hall–Kier alpha value is -5.44. The van der Waals surface area contributed by atoms with Gasteiger partial charge in [-0.1, -0.05) is 72.8 Å². The lowest BCUT2D eigenvalue weighted by Crippen LogP contribution is -2.54. The standard InChI is InChI=1S/C34H41N5O5.C2HF3O2/c35-29(20-25-13-15-28(40)16-14-25)34(44)39-17-7-12-30(39)33(43)38-27(19-24-10-5-2-6-11-24)21-31(41)37-22-26(32(36)42)18-23-8-3-1-4-9-23;3-2(4,5)1(6)7/h1-6,8-11,13-16,26-27,29-30,40H,7,12,17-22,35H2,(H2,36,42)(H,37,41)(H,38,43);(H,6,7)/t26-,27+,29+,30+;/m1./s1. The van der Waals surface area contributed by atoms with Crippen molar-refractivity contribution < 1.29 is 47.4 Å². The van der Waals surface area contributed by atoms with E-state index in [1.165, 1.54) is 4.90 Å². The van der Waals surface area contributed by atoms with Crippen LogP contribution in [0.1, 0.15) is 36.0 Å². The lowest BCUT2D eigenvalue weighted by Gasteiger charge is -2.28. The zero-order valence-electron chi connectivity index (χ0n) is 27.7. The van der Waals surface area contributed by atoms with Crippen LogP contribution >= 0.6 is 0 Å². The van der Waals surface area contributed by atoms with E-state index in [4.69, 9.17) is 21.4 Å². The summed E-state index contributed by atoms with van der Waals surface area (Å²) in [6.45, 7) is 0.499. The van der Waals surface area contributed by atoms with Crippen LogP contribution < -0.4 is 22.1 Å². The van der Waals surface area contributed by atoms with Crippen LogP contribution in [-0.2, 0) is 43.2 Å². The Morgan fingerprint density at radius 2 is 1.37 bits per heavy atom. The molecule has 1 fully saturated rings. The summed E-state index contributed by atoms with van der Waals surface area (Å²) >= 11 is 0. The topological polar surface area (TPSA) is 205 Å². The van der Waals surface area contributed by atoms with E-state index in [0.717, 1.165) is 16.7 Å². The van der Waals surface area contributed by atoms with E-state index in [9.17, 15) is 37.5 Å². The number of benzene rings is 3. The second kappa shape index (κ2) is 19.1. The Morgan fingerprint density at radius 1 is 0.843 bits per heavy atom. The van der Waals surface area contributed by atoms with Gasteiger partial charge >= 0.3 is 12.1 Å². The lowest BCUT2D eigenvalue weighted by atomic mass is 9.98. The second-order valence-corrected chi connectivity index (χ2v) is 12.2. The van der Waals surface area contributed by atoms with Crippen molar-refractivity contribution in [1.82, 2.24) is 15.5 Å². The van der Waals surface area contributed by atoms with Crippen molar-refractivity contribution in [3.05, 3.63) is 102 Å². The number of carbonyl (C=O) groups is 5. The molecule has 1 heterocycles. The summed E-state index contributed by atoms with van der Waals surface area (Å²) in [5, 5.41) is 22.5. The first kappa shape index (κ1) is 40.0. The van der Waals surface area contributed by atoms with Crippen molar-refractivity contribution in [2.75, 3.05) is 13.1 Å². The van der Waals surface area contributed by atoms with Crippen LogP contribution in [0.15, 0.2) is 84.9 Å². The van der Waals surface area contributed by atoms with Gasteiger partial charge in [0.25, 0.3) is 0 Å². The van der Waals surface area contributed by atoms with Gasteiger partial charge in [0, 0.05) is 25.6 Å². The first-order valence-electron chi connectivity index (χ1n) is 16.2. The Bertz CT molecular complexity index is 1610. The van der Waals surface area contributed by atoms with E-state index in [-0.39, 0.29) is 42.9 Å². The van der Waals surface area contributed by atoms with Crippen LogP contribution in [0.3, 0.4) is 0 Å². The summed E-state index contributed by atoms with van der Waals surface area (Å²) in [7, 11) is 0. The highest BCUT2D eigenvalue weighted by Gasteiger charge is 2.38. The van der Waals surface area contributed by atoms with E-state index >= 15 is 0 Å². The Balaban J connectivity index is 0.000000908. The van der Waals surface area contributed by atoms with E-state index in [2.05, 4.69) is 10.6 Å². The van der Waals surface area contributed by atoms with E-state index < -0.39 is 42.1 Å². The fraction of sp³-hybridized carbons (Fsp3) is 0.361. The second-order valence-electron chi connectivity index (χ2n) is 12.2. The van der Waals surface area contributed by atoms with Gasteiger partial charge in [0.2, 0.25) is 23.6 Å². The molecule has 1 aliphatic rings. The molecule has 12 nitrogen and oxygen atoms in total. The zero-order chi connectivity index (χ0) is 37.6. The van der Waals surface area contributed by atoms with Crippen LogP contribution in [0.2, 0.25) is 0 Å². The monoisotopic (exact) mass is 713 g/mol. The Labute approximate surface area is 293 Å². The molecular weight excluding hydrogens is 671 g/mol. The number of alkyl halides is 3. The average molecular weight is 714 g/mol. The number of rotatable bonds is 14. The number of carbonyl (C=O) groups excluding carboxylic acids is 4. The van der Waals surface area contributed by atoms with Gasteiger partial charge < -0.3 is 37.2 Å². The molecule has 0 radical (unpaired) electrons. The van der Waals surface area contributed by atoms with E-state index in [1.54, 1.807) is 24.3 Å². The number of halogens is 3. The minimum absolute atomic E-state index is 0.0154. The fourth-order valence-corrected chi connectivity index (χ4v) is 5.56. The number of amides is 4. The number of nitrogens with two attached hydrogens (primary N) is 2. The smallest absolute Gasteiger partial charge is 0.490 e. The van der Waals surface area contributed by atoms with Crippen LogP contribution in [0.4, 0.5) is 13.2 Å². The van der Waals surface area contributed by atoms with Crippen molar-refractivity contribution in [2.24, 2.45) is 17.4 Å². The van der Waals surface area contributed by atoms with Crippen molar-refractivity contribution in [3.8, 4) is 5.75 Å². The van der Waals surface area contributed by atoms with Crippen LogP contribution in [0, 0.1) is 5.92 Å². The van der Waals surface area contributed by atoms with Gasteiger partial charge in [-0.3, -0.25) is 19.2 Å². The molecule has 8 N–H and O–H groups in total. The number of likely N-dealkylation sites (tertiary alicyclic amines) is 1. The third-order valence-electron chi connectivity index (χ3n) is 8.17. The van der Waals surface area contributed by atoms with Gasteiger partial charge in [-0.2, -0.15) is 13.2 Å². The third-order valence-corrected chi connectivity index (χ3v) is 8.17. The molecule has 0 unspecified atom stereocenters. The molecule has 1 saturated heterocycles. The molecule has 3 aromatic carbocycles. The molecule has 274 valence electrons. The van der Waals surface area contributed by atoms with Crippen molar-refractivity contribution >= 4 is 29.6 Å². The molecule has 15 heteroatoms. The molecule has 4 rings (SSSR count). The number of primary amides is 1. The maximum absolute atomic E-state index is 13.6. The SMILES string of the molecule is NC(=O)[C@@H](CNC(=O)C[C@H](Cc1ccccc1)NC(=O)[C@@H]1CCCN1C(=O)[C@@H](N)Cc1ccc(O)cc1)Cc1ccccc1.O=C(O)C(F)(F)F. The summed E-state index contributed by atoms with van der Waals surface area (Å²) in [4.78, 5) is 62.4. The first-order chi connectivity index (χ1) is 24.1. The number of nitrogens with one attached hydrogen (secondary N) is 2. The maximum Gasteiger partial charge on any atom is 0.490 e. The number of phenols is 1. The summed E-state index contributed by atoms with van der Waals surface area (Å²) in [6, 6.07) is 23.4. The number of phenolic OH excluding ortho intramolecular Hbond substituents is 1. The third kappa shape index (κ3) is 13.4. The van der Waals surface area contributed by atoms with Gasteiger partial charge in [-0.15, -0.1) is 0 Å². The summed E-state index contributed by atoms with van der Waals surface area (Å²) in [6.07, 6.45) is -2.86. The van der Waals surface area contributed by atoms with Crippen molar-refractivity contribution in [3.63, 3.8) is 0 Å². The van der Waals surface area contributed by atoms with Gasteiger partial charge in [-0.25, -0.2) is 4.79 Å². The van der Waals surface area contributed by atoms with E-state index in [0.29, 0.717) is 32.2 Å². The fourth-order valence-electron chi connectivity index (χ4n) is 5.56. The molecule has 4 atom stereocenters. The van der Waals surface area contributed by atoms with Gasteiger partial charge in [-0.05, 0) is 60.9 Å². The number of hydrogen-bond acceptors (Lipinski definition) is 7. The molecule has 51 heavy (non-hydrogen) atoms. The predicted octanol–water partition coefficient (Wildman–Crippen LogP) is 2.46. The highest BCUT2D eigenvalue weighted by Crippen LogP contribution is 2.21. The van der Waals surface area contributed by atoms with Crippen LogP contribution in [0.25, 0.3) is 0 Å². The molecule has 0 aliphatic carbocycles. The van der Waals surface area contributed by atoms with Gasteiger partial charge in [0.15, 0.2) is 0 Å². The van der Waals surface area contributed by atoms with Gasteiger partial charge in [0.05, 0.1) is 12.0 Å². The van der Waals surface area contributed by atoms with Crippen molar-refractivity contribution in [2.45, 2.75) is 62.8 Å². The minimum atomic E-state index is -5.08. The number of nitrogens with zero attached hydrogens (tertiary/aromatic N) is 1. The molecule has 3 aromatic rings. The molecule has 0 saturated carbocycles. The van der Waals surface area contributed by atoms with Crippen LogP contribution in [-0.4, -0.2) is 82.1 Å². The molecule has 4 amide bonds. The lowest BCUT2D eigenvalue weighted by molar-refractivity contribution is -0.192. The highest BCUT2D eigenvalue weighted by atomic mass is 19.4. The van der Waals surface area contributed by atoms with Gasteiger partial charge in [0.1, 0.15) is 11.8 Å². The molecule has 1 aliphatic heterocycles. The minimum Gasteiger partial charge on any atom is -0.508 e. The summed E-state index contributed by atoms with van der Waals surface area (Å²) < 4.78 is 31.7. The molecule has 0 aromatic heterocycles. The molecule has 0 bridgehead atoms. The quantitative estimate of drug-likeness (QED) is 0.146. The number of carboxylic acids is 1. The largest absolute Gasteiger partial charge is 0.508 e. The number of aromatic hydroxyl groups is 1. The van der Waals surface area contributed by atoms with Crippen molar-refractivity contribution in [1.29, 1.82) is 0 Å². The average Bonchev–Trinajstić information content (AvgIpc) is 3.58. The summed E-state index contributed by atoms with van der Waals surface area (Å²) in [5.74, 6) is -4.67.